The number of hydrogen-bond acceptors (Lipinski definition) is 1. The van der Waals surface area contributed by atoms with Crippen LogP contribution in [-0.4, -0.2) is 11.7 Å². The lowest BCUT2D eigenvalue weighted by Crippen LogP contribution is -3.00. The number of hydrogen-bond donors (Lipinski definition) is 1. The van der Waals surface area contributed by atoms with Crippen LogP contribution in [0.5, 0.6) is 0 Å². The van der Waals surface area contributed by atoms with Gasteiger partial charge in [0.1, 0.15) is 6.54 Å². The van der Waals surface area contributed by atoms with Gasteiger partial charge < -0.3 is 22.1 Å². The van der Waals surface area contributed by atoms with Crippen molar-refractivity contribution in [2.45, 2.75) is 32.2 Å². The van der Waals surface area contributed by atoms with Crippen LogP contribution < -0.4 is 21.5 Å². The van der Waals surface area contributed by atoms with Crippen molar-refractivity contribution in [3.05, 3.63) is 30.1 Å². The Hall–Kier alpha value is 0.590. The molecule has 0 radical (unpaired) electrons. The van der Waals surface area contributed by atoms with Gasteiger partial charge in [-0.25, -0.2) is 4.57 Å². The van der Waals surface area contributed by atoms with Gasteiger partial charge >= 0.3 is 0 Å². The number of unbranched alkanes of at least 4 members (excludes halogenated alkanes) is 1. The number of halogens is 4. The minimum absolute atomic E-state index is 0. The second-order valence-electron chi connectivity index (χ2n) is 3.58. The Labute approximate surface area is 158 Å². The number of aliphatic hydroxyl groups excluding tert-OH is 1. The van der Waals surface area contributed by atoms with Gasteiger partial charge in [0.2, 0.25) is 0 Å². The van der Waals surface area contributed by atoms with Crippen LogP contribution in [0.1, 0.15) is 24.8 Å². The van der Waals surface area contributed by atoms with E-state index in [0.717, 1.165) is 32.2 Å². The Morgan fingerprint density at radius 2 is 1.89 bits per heavy atom. The average molecular weight is 527 g/mol. The normalized spacial score (nSPS) is 7.79. The number of aliphatic hydroxyl groups is 1. The average Bonchev–Trinajstić information content (AvgIpc) is 2.27. The van der Waals surface area contributed by atoms with E-state index in [0.29, 0.717) is 0 Å². The van der Waals surface area contributed by atoms with E-state index in [1.165, 1.54) is 5.56 Å². The summed E-state index contributed by atoms with van der Waals surface area (Å²) in [5.41, 5.74) is 1.27. The first kappa shape index (κ1) is 27.9. The van der Waals surface area contributed by atoms with Crippen LogP contribution in [-0.2, 0) is 13.0 Å². The molecule has 0 bridgehead atoms. The summed E-state index contributed by atoms with van der Waals surface area (Å²) >= 11 is 0. The smallest absolute Gasteiger partial charge is 0.171 e. The molecule has 0 saturated heterocycles. The molecule has 2 nitrogen and oxygen atoms in total. The van der Waals surface area contributed by atoms with Crippen molar-refractivity contribution >= 4 is 50.9 Å². The molecule has 6 heteroatoms. The third-order valence-corrected chi connectivity index (χ3v) is 2.28. The summed E-state index contributed by atoms with van der Waals surface area (Å²) in [6.07, 6.45) is 13.0. The van der Waals surface area contributed by atoms with Gasteiger partial charge in [0.05, 0.1) is 0 Å². The summed E-state index contributed by atoms with van der Waals surface area (Å²) in [6, 6.07) is 4.13. The van der Waals surface area contributed by atoms with Crippen molar-refractivity contribution in [3.63, 3.8) is 0 Å². The molecule has 0 fully saturated rings. The van der Waals surface area contributed by atoms with Crippen molar-refractivity contribution in [2.24, 2.45) is 0 Å². The first-order valence-electron chi connectivity index (χ1n) is 5.39. The molecule has 112 valence electrons. The number of pyridine rings is 1. The fourth-order valence-corrected chi connectivity index (χ4v) is 1.51. The molecule has 1 rings (SSSR count). The van der Waals surface area contributed by atoms with Gasteiger partial charge in [-0.05, 0) is 18.9 Å². The molecule has 1 aromatic heterocycles. The van der Waals surface area contributed by atoms with Gasteiger partial charge in [0.25, 0.3) is 0 Å². The first-order valence-corrected chi connectivity index (χ1v) is 5.39. The fourth-order valence-electron chi connectivity index (χ4n) is 1.51. The van der Waals surface area contributed by atoms with Crippen molar-refractivity contribution in [2.75, 3.05) is 6.61 Å². The molecule has 0 aliphatic rings. The molecule has 0 atom stereocenters. The number of rotatable bonds is 6. The van der Waals surface area contributed by atoms with Crippen LogP contribution in [0.4, 0.5) is 0 Å². The molecule has 0 unspecified atom stereocenters. The molecule has 0 spiro atoms. The zero-order valence-corrected chi connectivity index (χ0v) is 17.4. The van der Waals surface area contributed by atoms with Crippen LogP contribution in [0.2, 0.25) is 0 Å². The van der Waals surface area contributed by atoms with Gasteiger partial charge in [-0.15, -0.1) is 63.3 Å². The maximum atomic E-state index is 8.74. The highest BCUT2D eigenvalue weighted by molar-refractivity contribution is 8.93. The zero-order chi connectivity index (χ0) is 10.9. The van der Waals surface area contributed by atoms with Crippen molar-refractivity contribution in [1.29, 1.82) is 0 Å². The summed E-state index contributed by atoms with van der Waals surface area (Å²) < 4.78 is 2.16. The third-order valence-electron chi connectivity index (χ3n) is 2.28. The Kier molecular flexibility index (Phi) is 27.3. The van der Waals surface area contributed by atoms with Crippen LogP contribution in [0, 0.1) is 12.3 Å². The minimum atomic E-state index is 0. The van der Waals surface area contributed by atoms with Gasteiger partial charge in [0, 0.05) is 31.1 Å². The molecule has 19 heavy (non-hydrogen) atoms. The molecule has 0 amide bonds. The van der Waals surface area contributed by atoms with E-state index in [4.69, 9.17) is 11.5 Å². The molecule has 0 aliphatic carbocycles. The van der Waals surface area contributed by atoms with Crippen LogP contribution >= 0.6 is 50.9 Å². The predicted molar refractivity (Wildman–Crippen MR) is 91.1 cm³/mol. The standard InChI is InChI=1S/C13H18NO.4BrH/c1-2-3-4-9-14-10-5-7-13(12-14)8-6-11-15;;;;/h1,5,7,10,12,15H,3-4,6,8-9,11H2;4*1H/q+1;;;;/p-1. The topological polar surface area (TPSA) is 24.1 Å². The highest BCUT2D eigenvalue weighted by Crippen LogP contribution is 1.99. The maximum absolute atomic E-state index is 8.74. The SMILES string of the molecule is Br.Br.Br.C#CCCC[n+]1cccc(CCCO)c1.[Br-]. The van der Waals surface area contributed by atoms with Gasteiger partial charge in [0.15, 0.2) is 12.4 Å². The monoisotopic (exact) mass is 523 g/mol. The Morgan fingerprint density at radius 3 is 2.47 bits per heavy atom. The van der Waals surface area contributed by atoms with Gasteiger partial charge in [-0.1, -0.05) is 0 Å². The fraction of sp³-hybridized carbons (Fsp3) is 0.462. The van der Waals surface area contributed by atoms with E-state index in [9.17, 15) is 0 Å². The lowest BCUT2D eigenvalue weighted by molar-refractivity contribution is -0.697. The summed E-state index contributed by atoms with van der Waals surface area (Å²) in [5.74, 6) is 2.64. The van der Waals surface area contributed by atoms with Gasteiger partial charge in [-0.2, -0.15) is 0 Å². The summed E-state index contributed by atoms with van der Waals surface area (Å²) in [7, 11) is 0. The van der Waals surface area contributed by atoms with Crippen LogP contribution in [0.15, 0.2) is 24.5 Å². The van der Waals surface area contributed by atoms with E-state index in [2.05, 4.69) is 28.9 Å². The molecular weight excluding hydrogens is 506 g/mol. The van der Waals surface area contributed by atoms with Crippen molar-refractivity contribution in [1.82, 2.24) is 0 Å². The summed E-state index contributed by atoms with van der Waals surface area (Å²) in [4.78, 5) is 0. The molecule has 1 N–H and O–H groups in total. The zero-order valence-electron chi connectivity index (χ0n) is 10.6. The minimum Gasteiger partial charge on any atom is -1.00 e. The van der Waals surface area contributed by atoms with E-state index in [1.54, 1.807) is 0 Å². The molecule has 0 aliphatic heterocycles. The van der Waals surface area contributed by atoms with Crippen molar-refractivity contribution in [3.8, 4) is 12.3 Å². The third kappa shape index (κ3) is 13.3. The van der Waals surface area contributed by atoms with E-state index in [1.807, 2.05) is 6.07 Å². The lowest BCUT2D eigenvalue weighted by Gasteiger charge is -1.99. The maximum Gasteiger partial charge on any atom is 0.171 e. The second kappa shape index (κ2) is 18.6. The highest BCUT2D eigenvalue weighted by Gasteiger charge is 2.01. The van der Waals surface area contributed by atoms with E-state index < -0.39 is 0 Å². The predicted octanol–water partition coefficient (Wildman–Crippen LogP) is 0.0501. The van der Waals surface area contributed by atoms with Crippen molar-refractivity contribution < 1.29 is 26.7 Å². The molecule has 1 heterocycles. The number of terminal acetylenes is 1. The van der Waals surface area contributed by atoms with E-state index in [-0.39, 0.29) is 74.5 Å². The second-order valence-corrected chi connectivity index (χ2v) is 3.58. The van der Waals surface area contributed by atoms with Gasteiger partial charge in [-0.3, -0.25) is 0 Å². The quantitative estimate of drug-likeness (QED) is 0.316. The highest BCUT2D eigenvalue weighted by atomic mass is 79.9. The molecule has 1 aromatic rings. The summed E-state index contributed by atoms with van der Waals surface area (Å²) in [6.45, 7) is 1.23. The lowest BCUT2D eigenvalue weighted by atomic mass is 10.1. The first-order chi connectivity index (χ1) is 7.36. The summed E-state index contributed by atoms with van der Waals surface area (Å²) in [5, 5.41) is 8.74. The molecule has 0 aromatic carbocycles. The largest absolute Gasteiger partial charge is 1.00 e. The Morgan fingerprint density at radius 1 is 1.21 bits per heavy atom. The Bertz CT molecular complexity index is 342. The molecular formula is C13H21Br4NO. The Balaban J connectivity index is -0.000000281. The molecule has 0 saturated carbocycles. The van der Waals surface area contributed by atoms with Crippen LogP contribution in [0.25, 0.3) is 0 Å². The van der Waals surface area contributed by atoms with Crippen LogP contribution in [0.3, 0.4) is 0 Å². The number of aromatic nitrogens is 1. The van der Waals surface area contributed by atoms with E-state index >= 15 is 0 Å². The number of nitrogens with zero attached hydrogens (tertiary/aromatic N) is 1. The number of aryl methyl sites for hydroxylation is 2.